The molecular weight excluding hydrogens is 464 g/mol. The second-order valence-electron chi connectivity index (χ2n) is 7.63. The fourth-order valence-corrected chi connectivity index (χ4v) is 5.11. The third-order valence-corrected chi connectivity index (χ3v) is 6.85. The average Bonchev–Trinajstić information content (AvgIpc) is 3.39. The quantitative estimate of drug-likeness (QED) is 0.308. The molecule has 2 heterocycles. The number of carbonyl (C=O) groups is 1. The first-order valence-electron chi connectivity index (χ1n) is 10.3. The van der Waals surface area contributed by atoms with Crippen LogP contribution in [0.5, 0.6) is 0 Å². The van der Waals surface area contributed by atoms with E-state index in [2.05, 4.69) is 10.1 Å². The van der Waals surface area contributed by atoms with Gasteiger partial charge in [-0.25, -0.2) is 23.4 Å². The van der Waals surface area contributed by atoms with Crippen LogP contribution in [0.4, 0.5) is 19.6 Å². The molecule has 1 aliphatic carbocycles. The molecule has 1 fully saturated rings. The Morgan fingerprint density at radius 2 is 1.97 bits per heavy atom. The van der Waals surface area contributed by atoms with Crippen LogP contribution in [-0.2, 0) is 10.5 Å². The number of thioether (sulfide) groups is 1. The van der Waals surface area contributed by atoms with Crippen molar-refractivity contribution in [2.24, 2.45) is 0 Å². The maximum absolute atomic E-state index is 14.3. The van der Waals surface area contributed by atoms with E-state index in [-0.39, 0.29) is 5.69 Å². The Bertz CT molecular complexity index is 1300. The minimum atomic E-state index is -0.820. The summed E-state index contributed by atoms with van der Waals surface area (Å²) in [5, 5.41) is 7.48. The topological polar surface area (TPSA) is 63.9 Å². The van der Waals surface area contributed by atoms with Gasteiger partial charge in [-0.05, 0) is 37.1 Å². The van der Waals surface area contributed by atoms with Gasteiger partial charge in [-0.15, -0.1) is 16.4 Å². The number of halogens is 2. The molecule has 168 valence electrons. The van der Waals surface area contributed by atoms with Crippen molar-refractivity contribution in [1.29, 1.82) is 0 Å². The van der Waals surface area contributed by atoms with Crippen LogP contribution in [0.25, 0.3) is 5.69 Å². The molecule has 5 rings (SSSR count). The number of hydrogen-bond acceptors (Lipinski definition) is 6. The second kappa shape index (κ2) is 9.03. The summed E-state index contributed by atoms with van der Waals surface area (Å²) in [4.78, 5) is 22.6. The van der Waals surface area contributed by atoms with Crippen LogP contribution in [0.1, 0.15) is 37.2 Å². The van der Waals surface area contributed by atoms with Gasteiger partial charge in [-0.3, -0.25) is 9.69 Å². The number of carbonyl (C=O) groups excluding carboxylic acids is 1. The molecule has 4 aromatic rings. The van der Waals surface area contributed by atoms with E-state index in [1.165, 1.54) is 36.1 Å². The predicted octanol–water partition coefficient (Wildman–Crippen LogP) is 5.86. The van der Waals surface area contributed by atoms with E-state index in [0.29, 0.717) is 22.0 Å². The molecule has 0 spiro atoms. The van der Waals surface area contributed by atoms with Crippen LogP contribution in [0.3, 0.4) is 0 Å². The average molecular weight is 484 g/mol. The lowest BCUT2D eigenvalue weighted by Crippen LogP contribution is -2.23. The molecule has 10 heteroatoms. The third kappa shape index (κ3) is 4.67. The number of rotatable bonds is 7. The Morgan fingerprint density at radius 1 is 1.18 bits per heavy atom. The van der Waals surface area contributed by atoms with E-state index in [4.69, 9.17) is 4.98 Å². The molecule has 0 N–H and O–H groups in total. The molecule has 0 aliphatic heterocycles. The van der Waals surface area contributed by atoms with E-state index in [0.717, 1.165) is 47.1 Å². The van der Waals surface area contributed by atoms with Gasteiger partial charge in [-0.1, -0.05) is 30.0 Å². The Labute approximate surface area is 197 Å². The van der Waals surface area contributed by atoms with Gasteiger partial charge in [0.15, 0.2) is 5.13 Å². The molecule has 1 amide bonds. The minimum Gasteiger partial charge on any atom is -0.274 e. The number of benzene rings is 2. The number of nitrogens with zero attached hydrogens (tertiary/aromatic N) is 5. The summed E-state index contributed by atoms with van der Waals surface area (Å²) in [6, 6.07) is 13.0. The van der Waals surface area contributed by atoms with Crippen molar-refractivity contribution >= 4 is 39.8 Å². The fraction of sp³-hybridized carbons (Fsp3) is 0.217. The van der Waals surface area contributed by atoms with Gasteiger partial charge in [0.05, 0.1) is 17.1 Å². The van der Waals surface area contributed by atoms with Crippen LogP contribution in [-0.4, -0.2) is 25.7 Å². The highest BCUT2D eigenvalue weighted by atomic mass is 32.2. The van der Waals surface area contributed by atoms with Crippen molar-refractivity contribution in [2.45, 2.75) is 36.6 Å². The van der Waals surface area contributed by atoms with E-state index >= 15 is 0 Å². The summed E-state index contributed by atoms with van der Waals surface area (Å²) in [5.41, 5.74) is 1.67. The molecule has 2 aromatic carbocycles. The van der Waals surface area contributed by atoms with Crippen molar-refractivity contribution in [3.63, 3.8) is 0 Å². The highest BCUT2D eigenvalue weighted by molar-refractivity contribution is 7.98. The number of thiazole rings is 1. The third-order valence-electron chi connectivity index (χ3n) is 5.10. The zero-order valence-electron chi connectivity index (χ0n) is 17.6. The zero-order chi connectivity index (χ0) is 22.9. The van der Waals surface area contributed by atoms with Crippen LogP contribution in [0.2, 0.25) is 0 Å². The molecule has 1 saturated carbocycles. The van der Waals surface area contributed by atoms with Crippen molar-refractivity contribution < 1.29 is 13.6 Å². The zero-order valence-corrected chi connectivity index (χ0v) is 19.2. The van der Waals surface area contributed by atoms with E-state index in [1.807, 2.05) is 40.4 Å². The largest absolute Gasteiger partial charge is 0.274 e. The fourth-order valence-electron chi connectivity index (χ4n) is 3.40. The highest BCUT2D eigenvalue weighted by Crippen LogP contribution is 2.40. The number of hydrogen-bond donors (Lipinski definition) is 0. The molecule has 33 heavy (non-hydrogen) atoms. The van der Waals surface area contributed by atoms with Crippen molar-refractivity contribution in [3.8, 4) is 5.69 Å². The Balaban J connectivity index is 1.35. The lowest BCUT2D eigenvalue weighted by Gasteiger charge is -2.18. The smallest absolute Gasteiger partial charge is 0.230 e. The van der Waals surface area contributed by atoms with Gasteiger partial charge in [0, 0.05) is 30.0 Å². The Morgan fingerprint density at radius 3 is 2.67 bits per heavy atom. The number of para-hydroxylation sites is 1. The van der Waals surface area contributed by atoms with Gasteiger partial charge in [0.25, 0.3) is 0 Å². The molecule has 0 unspecified atom stereocenters. The van der Waals surface area contributed by atoms with E-state index in [9.17, 15) is 13.6 Å². The Hall–Kier alpha value is -3.11. The predicted molar refractivity (Wildman–Crippen MR) is 124 cm³/mol. The highest BCUT2D eigenvalue weighted by Gasteiger charge is 2.30. The first-order chi connectivity index (χ1) is 16.0. The van der Waals surface area contributed by atoms with Crippen LogP contribution in [0.15, 0.2) is 59.1 Å². The summed E-state index contributed by atoms with van der Waals surface area (Å²) in [7, 11) is 0. The first-order valence-corrected chi connectivity index (χ1v) is 12.2. The lowest BCUT2D eigenvalue weighted by molar-refractivity contribution is -0.115. The van der Waals surface area contributed by atoms with Crippen LogP contribution < -0.4 is 4.90 Å². The lowest BCUT2D eigenvalue weighted by atomic mass is 10.2. The van der Waals surface area contributed by atoms with E-state index < -0.39 is 17.5 Å². The van der Waals surface area contributed by atoms with Gasteiger partial charge in [0.1, 0.15) is 17.5 Å². The summed E-state index contributed by atoms with van der Waals surface area (Å²) >= 11 is 2.68. The van der Waals surface area contributed by atoms with Crippen molar-refractivity contribution in [3.05, 3.63) is 77.1 Å². The maximum Gasteiger partial charge on any atom is 0.230 e. The van der Waals surface area contributed by atoms with Gasteiger partial charge < -0.3 is 0 Å². The molecule has 0 saturated heterocycles. The van der Waals surface area contributed by atoms with Crippen LogP contribution >= 0.6 is 23.1 Å². The summed E-state index contributed by atoms with van der Waals surface area (Å²) in [6.45, 7) is 1.32. The minimum absolute atomic E-state index is 0.0326. The Kier molecular flexibility index (Phi) is 5.94. The van der Waals surface area contributed by atoms with Gasteiger partial charge in [-0.2, -0.15) is 0 Å². The molecule has 0 atom stereocenters. The molecule has 2 aromatic heterocycles. The van der Waals surface area contributed by atoms with Gasteiger partial charge >= 0.3 is 0 Å². The molecule has 0 bridgehead atoms. The van der Waals surface area contributed by atoms with E-state index in [1.54, 1.807) is 0 Å². The second-order valence-corrected chi connectivity index (χ2v) is 9.41. The maximum atomic E-state index is 14.3. The first kappa shape index (κ1) is 21.7. The molecule has 1 aliphatic rings. The molecular formula is C23H19F2N5OS2. The van der Waals surface area contributed by atoms with Crippen molar-refractivity contribution in [2.75, 3.05) is 4.90 Å². The van der Waals surface area contributed by atoms with Gasteiger partial charge in [0.2, 0.25) is 11.1 Å². The summed E-state index contributed by atoms with van der Waals surface area (Å²) in [6.07, 6.45) is 2.23. The molecule has 0 radical (unpaired) electrons. The summed E-state index contributed by atoms with van der Waals surface area (Å²) in [5.74, 6) is -0.0308. The number of amides is 1. The standard InChI is InChI=1S/C23H19F2N5OS2/c1-14(31)29(20-10-9-16(24)11-19(20)25)23-26-17(13-33-23)12-32-22-27-21(15-7-8-15)30(28-22)18-5-3-2-4-6-18/h2-6,9-11,13,15H,7-8,12H2,1H3. The monoisotopic (exact) mass is 483 g/mol. The number of anilines is 2. The van der Waals surface area contributed by atoms with Crippen molar-refractivity contribution in [1.82, 2.24) is 19.7 Å². The molecule has 6 nitrogen and oxygen atoms in total. The summed E-state index contributed by atoms with van der Waals surface area (Å²) < 4.78 is 29.5. The SMILES string of the molecule is CC(=O)N(c1nc(CSc2nc(C3CC3)n(-c3ccccc3)n2)cs1)c1ccc(F)cc1F. The van der Waals surface area contributed by atoms with Crippen LogP contribution in [0, 0.1) is 11.6 Å². The number of aromatic nitrogens is 4. The normalized spacial score (nSPS) is 13.3.